The lowest BCUT2D eigenvalue weighted by Crippen LogP contribution is -2.35. The van der Waals surface area contributed by atoms with Crippen LogP contribution in [0.1, 0.15) is 67.3 Å². The molecule has 2 aromatic carbocycles. The summed E-state index contributed by atoms with van der Waals surface area (Å²) in [7, 11) is 0. The van der Waals surface area contributed by atoms with Gasteiger partial charge in [-0.2, -0.15) is 0 Å². The number of benzene rings is 4. The molecule has 0 atom stereocenters. The van der Waals surface area contributed by atoms with Gasteiger partial charge in [0.25, 0.3) is 0 Å². The maximum atomic E-state index is 14.0. The summed E-state index contributed by atoms with van der Waals surface area (Å²) in [5.74, 6) is -4.89. The SMILES string of the molecule is Cc1c(-c2c(C)c(=O)c3c(C(C)C)c(=O)c(=O)cc-3c2=O)c(O)c2c(C=NCC(=O)O)c(O)c(O)c(C(C)C)c2c1O. The summed E-state index contributed by atoms with van der Waals surface area (Å²) in [5.41, 5.74) is -5.09. The highest BCUT2D eigenvalue weighted by atomic mass is 16.4. The zero-order valence-electron chi connectivity index (χ0n) is 23.7. The lowest BCUT2D eigenvalue weighted by molar-refractivity contribution is -0.135. The highest BCUT2D eigenvalue weighted by molar-refractivity contribution is 6.14. The predicted molar refractivity (Wildman–Crippen MR) is 158 cm³/mol. The van der Waals surface area contributed by atoms with Gasteiger partial charge in [0.15, 0.2) is 22.4 Å². The number of rotatable bonds is 6. The molecule has 2 aliphatic rings. The number of carbonyl (C=O) groups is 1. The van der Waals surface area contributed by atoms with Crippen molar-refractivity contribution in [2.75, 3.05) is 6.54 Å². The summed E-state index contributed by atoms with van der Waals surface area (Å²) in [6, 6.07) is 0.800. The van der Waals surface area contributed by atoms with Crippen molar-refractivity contribution in [1.82, 2.24) is 0 Å². The average molecular weight is 576 g/mol. The number of nitrogens with zero attached hydrogens (tertiary/aromatic N) is 1. The van der Waals surface area contributed by atoms with Crippen LogP contribution >= 0.6 is 0 Å². The van der Waals surface area contributed by atoms with Gasteiger partial charge in [0.2, 0.25) is 10.9 Å². The number of hydrogen-bond acceptors (Lipinski definition) is 10. The third-order valence-corrected chi connectivity index (χ3v) is 7.51. The molecule has 2 aliphatic carbocycles. The standard InChI is InChI=1S/C31H29NO10/c1-10(2)18-22-14(7-16(33)29(18)40)27(38)20(12(5)25(22)36)21-13(6)26(37)24-19(11(3)4)31(42)28(39)15(23(24)30(21)41)8-32-9-17(34)35/h7-8,10-11,37,39,41-42H,9H2,1-6H3,(H,34,35). The van der Waals surface area contributed by atoms with E-state index in [2.05, 4.69) is 4.99 Å². The normalized spacial score (nSPS) is 12.0. The Morgan fingerprint density at radius 2 is 1.33 bits per heavy atom. The third kappa shape index (κ3) is 4.28. The molecule has 0 spiro atoms. The van der Waals surface area contributed by atoms with Crippen molar-refractivity contribution < 1.29 is 30.3 Å². The van der Waals surface area contributed by atoms with E-state index in [-0.39, 0.29) is 60.8 Å². The Balaban J connectivity index is 2.31. The van der Waals surface area contributed by atoms with E-state index in [1.807, 2.05) is 0 Å². The van der Waals surface area contributed by atoms with Crippen LogP contribution in [-0.4, -0.2) is 44.3 Å². The lowest BCUT2D eigenvalue weighted by Gasteiger charge is -2.23. The number of aliphatic carboxylic acids is 1. The van der Waals surface area contributed by atoms with Gasteiger partial charge in [-0.3, -0.25) is 29.0 Å². The molecule has 0 aromatic heterocycles. The van der Waals surface area contributed by atoms with Gasteiger partial charge < -0.3 is 25.5 Å². The molecule has 42 heavy (non-hydrogen) atoms. The van der Waals surface area contributed by atoms with Gasteiger partial charge >= 0.3 is 5.97 Å². The number of carboxylic acids is 1. The van der Waals surface area contributed by atoms with Crippen LogP contribution in [0.5, 0.6) is 23.0 Å². The molecular formula is C31H29NO10. The maximum Gasteiger partial charge on any atom is 0.325 e. The van der Waals surface area contributed by atoms with Gasteiger partial charge in [-0.05, 0) is 25.7 Å². The zero-order valence-corrected chi connectivity index (χ0v) is 23.7. The fourth-order valence-corrected chi connectivity index (χ4v) is 5.61. The molecule has 11 nitrogen and oxygen atoms in total. The van der Waals surface area contributed by atoms with Crippen LogP contribution in [0.4, 0.5) is 0 Å². The number of aromatic hydroxyl groups is 4. The molecule has 0 aliphatic heterocycles. The van der Waals surface area contributed by atoms with Crippen molar-refractivity contribution in [1.29, 1.82) is 0 Å². The van der Waals surface area contributed by atoms with Crippen LogP contribution < -0.4 is 21.7 Å². The quantitative estimate of drug-likeness (QED) is 0.0985. The molecule has 0 unspecified atom stereocenters. The smallest absolute Gasteiger partial charge is 0.325 e. The first-order valence-electron chi connectivity index (χ1n) is 13.1. The van der Waals surface area contributed by atoms with Gasteiger partial charge in [-0.15, -0.1) is 0 Å². The van der Waals surface area contributed by atoms with E-state index in [1.165, 1.54) is 13.8 Å². The van der Waals surface area contributed by atoms with Gasteiger partial charge in [-0.25, -0.2) is 0 Å². The van der Waals surface area contributed by atoms with E-state index in [0.717, 1.165) is 12.3 Å². The molecule has 218 valence electrons. The van der Waals surface area contributed by atoms with E-state index in [1.54, 1.807) is 27.7 Å². The minimum absolute atomic E-state index is 0.0498. The fourth-order valence-electron chi connectivity index (χ4n) is 5.61. The van der Waals surface area contributed by atoms with Crippen LogP contribution in [0.2, 0.25) is 0 Å². The van der Waals surface area contributed by atoms with E-state index < -0.39 is 69.1 Å². The Hall–Kier alpha value is -5.06. The van der Waals surface area contributed by atoms with Crippen molar-refractivity contribution in [3.63, 3.8) is 0 Å². The van der Waals surface area contributed by atoms with Crippen LogP contribution in [-0.2, 0) is 4.79 Å². The second kappa shape index (κ2) is 10.4. The largest absolute Gasteiger partial charge is 0.507 e. The summed E-state index contributed by atoms with van der Waals surface area (Å²) in [6.07, 6.45) is 0.909. The minimum atomic E-state index is -1.30. The predicted octanol–water partition coefficient (Wildman–Crippen LogP) is 3.12. The number of carboxylic acid groups (broad SMARTS) is 1. The Labute approximate surface area is 238 Å². The molecule has 0 radical (unpaired) electrons. The van der Waals surface area contributed by atoms with Crippen LogP contribution in [0, 0.1) is 13.8 Å². The Morgan fingerprint density at radius 3 is 1.88 bits per heavy atom. The van der Waals surface area contributed by atoms with E-state index in [9.17, 15) is 44.4 Å². The molecule has 5 N–H and O–H groups in total. The van der Waals surface area contributed by atoms with Crippen molar-refractivity contribution in [3.8, 4) is 45.3 Å². The first kappa shape index (κ1) is 29.9. The highest BCUT2D eigenvalue weighted by Gasteiger charge is 2.32. The molecule has 0 bridgehead atoms. The summed E-state index contributed by atoms with van der Waals surface area (Å²) in [4.78, 5) is 67.6. The lowest BCUT2D eigenvalue weighted by atomic mass is 9.82. The molecular weight excluding hydrogens is 546 g/mol. The molecule has 0 saturated heterocycles. The van der Waals surface area contributed by atoms with Crippen molar-refractivity contribution in [3.05, 3.63) is 74.8 Å². The first-order chi connectivity index (χ1) is 19.5. The first-order valence-corrected chi connectivity index (χ1v) is 13.1. The van der Waals surface area contributed by atoms with E-state index in [0.29, 0.717) is 0 Å². The molecule has 4 rings (SSSR count). The Morgan fingerprint density at radius 1 is 0.738 bits per heavy atom. The molecule has 0 fully saturated rings. The molecule has 11 heteroatoms. The molecule has 0 amide bonds. The van der Waals surface area contributed by atoms with Gasteiger partial charge in [0, 0.05) is 73.1 Å². The van der Waals surface area contributed by atoms with Crippen LogP contribution in [0.15, 0.2) is 30.2 Å². The second-order valence-corrected chi connectivity index (χ2v) is 10.8. The zero-order chi connectivity index (χ0) is 31.5. The second-order valence-electron chi connectivity index (χ2n) is 10.8. The average Bonchev–Trinajstić information content (AvgIpc) is 2.90. The van der Waals surface area contributed by atoms with E-state index >= 15 is 0 Å². The fraction of sp³-hybridized carbons (Fsp3) is 0.290. The van der Waals surface area contributed by atoms with Crippen LogP contribution in [0.3, 0.4) is 0 Å². The number of fused-ring (bicyclic) bond motifs is 2. The number of aliphatic imine (C=N–C) groups is 1. The number of hydrogen-bond donors (Lipinski definition) is 5. The molecule has 2 aromatic rings. The number of phenolic OH excluding ortho intramolecular Hbond substituents is 4. The van der Waals surface area contributed by atoms with Crippen molar-refractivity contribution in [2.45, 2.75) is 53.4 Å². The minimum Gasteiger partial charge on any atom is -0.507 e. The highest BCUT2D eigenvalue weighted by Crippen LogP contribution is 2.53. The summed E-state index contributed by atoms with van der Waals surface area (Å²) < 4.78 is 0. The maximum absolute atomic E-state index is 14.0. The van der Waals surface area contributed by atoms with Gasteiger partial charge in [-0.1, -0.05) is 27.7 Å². The monoisotopic (exact) mass is 575 g/mol. The van der Waals surface area contributed by atoms with Gasteiger partial charge in [0.1, 0.15) is 18.0 Å². The number of phenols is 4. The van der Waals surface area contributed by atoms with Crippen LogP contribution in [0.25, 0.3) is 33.0 Å². The third-order valence-electron chi connectivity index (χ3n) is 7.51. The topological polar surface area (TPSA) is 199 Å². The summed E-state index contributed by atoms with van der Waals surface area (Å²) in [6.45, 7) is 8.53. The van der Waals surface area contributed by atoms with Crippen molar-refractivity contribution >= 4 is 23.0 Å². The summed E-state index contributed by atoms with van der Waals surface area (Å²) >= 11 is 0. The summed E-state index contributed by atoms with van der Waals surface area (Å²) in [5, 5.41) is 53.6. The van der Waals surface area contributed by atoms with Crippen molar-refractivity contribution in [2.24, 2.45) is 4.99 Å². The Bertz CT molecular complexity index is 2030. The van der Waals surface area contributed by atoms with E-state index in [4.69, 9.17) is 5.11 Å². The Kier molecular flexibility index (Phi) is 7.41. The van der Waals surface area contributed by atoms with Gasteiger partial charge in [0.05, 0.1) is 0 Å². The molecule has 0 heterocycles. The molecule has 0 saturated carbocycles.